The van der Waals surface area contributed by atoms with Crippen molar-refractivity contribution in [1.82, 2.24) is 10.3 Å². The first-order valence-corrected chi connectivity index (χ1v) is 11.1. The van der Waals surface area contributed by atoms with E-state index in [0.29, 0.717) is 5.69 Å². The zero-order valence-corrected chi connectivity index (χ0v) is 19.3. The van der Waals surface area contributed by atoms with Crippen LogP contribution in [0.2, 0.25) is 0 Å². The number of aryl methyl sites for hydroxylation is 1. The molecular formula is C24H24FN3O4S. The van der Waals surface area contributed by atoms with Gasteiger partial charge < -0.3 is 10.1 Å². The van der Waals surface area contributed by atoms with Crippen molar-refractivity contribution in [1.29, 1.82) is 0 Å². The van der Waals surface area contributed by atoms with Crippen molar-refractivity contribution < 1.29 is 23.5 Å². The second kappa shape index (κ2) is 10.8. The summed E-state index contributed by atoms with van der Waals surface area (Å²) in [6.45, 7) is 4.55. The zero-order valence-electron chi connectivity index (χ0n) is 18.5. The monoisotopic (exact) mass is 469 g/mol. The highest BCUT2D eigenvalue weighted by Crippen LogP contribution is 2.31. The number of nitrogens with one attached hydrogen (secondary N) is 1. The molecule has 1 atom stereocenters. The Morgan fingerprint density at radius 1 is 1.12 bits per heavy atom. The topological polar surface area (TPSA) is 88.6 Å². The average Bonchev–Trinajstić information content (AvgIpc) is 3.22. The Morgan fingerprint density at radius 3 is 2.45 bits per heavy atom. The number of halogens is 1. The molecule has 2 aromatic carbocycles. The molecular weight excluding hydrogens is 445 g/mol. The van der Waals surface area contributed by atoms with E-state index in [1.54, 1.807) is 11.4 Å². The molecule has 1 unspecified atom stereocenters. The molecule has 0 aliphatic heterocycles. The molecule has 1 aromatic heterocycles. The quantitative estimate of drug-likeness (QED) is 0.488. The molecule has 0 fully saturated rings. The summed E-state index contributed by atoms with van der Waals surface area (Å²) >= 11 is 1.14. The summed E-state index contributed by atoms with van der Waals surface area (Å²) in [5.41, 5.74) is 2.39. The number of carbonyl (C=O) groups excluding carboxylic acids is 3. The maximum Gasteiger partial charge on any atom is 0.308 e. The number of anilines is 2. The first-order chi connectivity index (χ1) is 15.7. The Hall–Kier alpha value is -3.59. The van der Waals surface area contributed by atoms with Gasteiger partial charge in [-0.1, -0.05) is 42.0 Å². The van der Waals surface area contributed by atoms with Gasteiger partial charge in [-0.05, 0) is 24.6 Å². The van der Waals surface area contributed by atoms with E-state index in [9.17, 15) is 18.8 Å². The number of hydrogen-bond acceptors (Lipinski definition) is 6. The highest BCUT2D eigenvalue weighted by Gasteiger charge is 2.22. The minimum absolute atomic E-state index is 0.0472. The molecule has 0 aliphatic carbocycles. The number of esters is 1. The van der Waals surface area contributed by atoms with Crippen LogP contribution in [0.1, 0.15) is 43.1 Å². The van der Waals surface area contributed by atoms with Crippen LogP contribution in [-0.2, 0) is 25.7 Å². The van der Waals surface area contributed by atoms with Crippen molar-refractivity contribution in [3.05, 3.63) is 76.5 Å². The van der Waals surface area contributed by atoms with Crippen LogP contribution < -0.4 is 10.2 Å². The summed E-state index contributed by atoms with van der Waals surface area (Å²) in [4.78, 5) is 41.7. The van der Waals surface area contributed by atoms with E-state index < -0.39 is 23.7 Å². The fourth-order valence-electron chi connectivity index (χ4n) is 3.18. The largest absolute Gasteiger partial charge is 0.459 e. The van der Waals surface area contributed by atoms with Gasteiger partial charge >= 0.3 is 5.97 Å². The van der Waals surface area contributed by atoms with Crippen LogP contribution in [0.5, 0.6) is 0 Å². The molecule has 0 saturated heterocycles. The average molecular weight is 470 g/mol. The van der Waals surface area contributed by atoms with Crippen molar-refractivity contribution in [3.63, 3.8) is 0 Å². The number of ether oxygens (including phenoxy) is 1. The van der Waals surface area contributed by atoms with Gasteiger partial charge in [0.2, 0.25) is 11.8 Å². The predicted molar refractivity (Wildman–Crippen MR) is 123 cm³/mol. The zero-order chi connectivity index (χ0) is 24.0. The molecule has 9 heteroatoms. The van der Waals surface area contributed by atoms with Gasteiger partial charge in [-0.2, -0.15) is 0 Å². The third-order valence-corrected chi connectivity index (χ3v) is 5.62. The predicted octanol–water partition coefficient (Wildman–Crippen LogP) is 4.59. The lowest BCUT2D eigenvalue weighted by Crippen LogP contribution is -2.28. The van der Waals surface area contributed by atoms with Crippen LogP contribution in [0.3, 0.4) is 0 Å². The van der Waals surface area contributed by atoms with Crippen molar-refractivity contribution in [2.24, 2.45) is 0 Å². The van der Waals surface area contributed by atoms with Gasteiger partial charge in [-0.15, -0.1) is 11.3 Å². The van der Waals surface area contributed by atoms with Crippen molar-refractivity contribution in [2.75, 3.05) is 4.90 Å². The fraction of sp³-hybridized carbons (Fsp3) is 0.250. The van der Waals surface area contributed by atoms with Gasteiger partial charge in [0.05, 0.1) is 23.8 Å². The Labute approximate surface area is 195 Å². The first kappa shape index (κ1) is 24.1. The summed E-state index contributed by atoms with van der Waals surface area (Å²) < 4.78 is 19.5. The number of nitrogens with zero attached hydrogens (tertiary/aromatic N) is 2. The molecule has 0 aliphatic rings. The van der Waals surface area contributed by atoms with E-state index in [2.05, 4.69) is 10.3 Å². The van der Waals surface area contributed by atoms with Gasteiger partial charge in [-0.3, -0.25) is 19.3 Å². The van der Waals surface area contributed by atoms with E-state index >= 15 is 0 Å². The maximum absolute atomic E-state index is 14.2. The number of rotatable bonds is 8. The minimum Gasteiger partial charge on any atom is -0.459 e. The molecule has 0 saturated carbocycles. The lowest BCUT2D eigenvalue weighted by molar-refractivity contribution is -0.145. The van der Waals surface area contributed by atoms with Crippen molar-refractivity contribution >= 4 is 39.9 Å². The Morgan fingerprint density at radius 2 is 1.82 bits per heavy atom. The van der Waals surface area contributed by atoms with E-state index in [0.717, 1.165) is 22.5 Å². The van der Waals surface area contributed by atoms with Crippen molar-refractivity contribution in [3.8, 4) is 0 Å². The maximum atomic E-state index is 14.2. The van der Waals surface area contributed by atoms with Gasteiger partial charge in [0.25, 0.3) is 0 Å². The lowest BCUT2D eigenvalue weighted by Gasteiger charge is -2.18. The third-order valence-electron chi connectivity index (χ3n) is 4.75. The number of thiazole rings is 1. The first-order valence-electron chi connectivity index (χ1n) is 10.2. The molecule has 7 nitrogen and oxygen atoms in total. The van der Waals surface area contributed by atoms with E-state index in [1.165, 1.54) is 36.9 Å². The summed E-state index contributed by atoms with van der Waals surface area (Å²) in [6.07, 6.45) is -0.0472. The third kappa shape index (κ3) is 6.45. The second-order valence-electron chi connectivity index (χ2n) is 7.46. The van der Waals surface area contributed by atoms with E-state index in [-0.39, 0.29) is 29.8 Å². The van der Waals surface area contributed by atoms with Crippen LogP contribution in [0, 0.1) is 12.7 Å². The number of hydrogen-bond donors (Lipinski definition) is 1. The summed E-state index contributed by atoms with van der Waals surface area (Å²) in [6, 6.07) is 12.9. The highest BCUT2D eigenvalue weighted by molar-refractivity contribution is 7.14. The van der Waals surface area contributed by atoms with Gasteiger partial charge in [0.1, 0.15) is 12.4 Å². The lowest BCUT2D eigenvalue weighted by atomic mass is 10.0. The summed E-state index contributed by atoms with van der Waals surface area (Å²) in [7, 11) is 0. The van der Waals surface area contributed by atoms with Gasteiger partial charge in [0.15, 0.2) is 5.13 Å². The molecule has 33 heavy (non-hydrogen) atoms. The number of carbonyl (C=O) groups is 3. The van der Waals surface area contributed by atoms with Gasteiger partial charge in [-0.25, -0.2) is 9.37 Å². The Bertz CT molecular complexity index is 1150. The summed E-state index contributed by atoms with van der Waals surface area (Å²) in [5.74, 6) is -1.71. The van der Waals surface area contributed by atoms with Crippen molar-refractivity contribution in [2.45, 2.75) is 39.8 Å². The second-order valence-corrected chi connectivity index (χ2v) is 8.29. The van der Waals surface area contributed by atoms with Crippen LogP contribution in [0.25, 0.3) is 0 Å². The number of para-hydroxylation sites is 1. The van der Waals surface area contributed by atoms with Gasteiger partial charge in [0, 0.05) is 19.2 Å². The van der Waals surface area contributed by atoms with Crippen LogP contribution in [-0.4, -0.2) is 22.8 Å². The Balaban J connectivity index is 1.66. The molecule has 0 spiro atoms. The van der Waals surface area contributed by atoms with E-state index in [4.69, 9.17) is 4.74 Å². The smallest absolute Gasteiger partial charge is 0.308 e. The molecule has 0 bridgehead atoms. The highest BCUT2D eigenvalue weighted by atomic mass is 32.1. The molecule has 3 rings (SSSR count). The minimum atomic E-state index is -0.545. The molecule has 1 heterocycles. The normalized spacial score (nSPS) is 11.5. The molecule has 172 valence electrons. The SMILES string of the molecule is CC(=O)NC(CC(=O)OCc1csc(N(C(C)=O)c2ccccc2F)n1)c1ccc(C)cc1. The molecule has 2 amide bonds. The molecule has 1 N–H and O–H groups in total. The number of amides is 2. The van der Waals surface area contributed by atoms with Crippen LogP contribution in [0.4, 0.5) is 15.2 Å². The van der Waals surface area contributed by atoms with E-state index in [1.807, 2.05) is 31.2 Å². The molecule has 3 aromatic rings. The van der Waals surface area contributed by atoms with Crippen LogP contribution >= 0.6 is 11.3 Å². The standard InChI is InChI=1S/C24H24FN3O4S/c1-15-8-10-18(11-9-15)21(26-16(2)29)12-23(31)32-13-19-14-33-24(27-19)28(17(3)30)22-7-5-4-6-20(22)25/h4-11,14,21H,12-13H2,1-3H3,(H,26,29). The fourth-order valence-corrected chi connectivity index (χ4v) is 4.05. The Kier molecular flexibility index (Phi) is 7.89. The van der Waals surface area contributed by atoms with Crippen LogP contribution in [0.15, 0.2) is 53.9 Å². The number of benzene rings is 2. The summed E-state index contributed by atoms with van der Waals surface area (Å²) in [5, 5.41) is 4.68. The molecule has 0 radical (unpaired) electrons. The number of aromatic nitrogens is 1.